The molecule has 1 aromatic heterocycles. The van der Waals surface area contributed by atoms with E-state index in [1.807, 2.05) is 13.8 Å². The van der Waals surface area contributed by atoms with Crippen LogP contribution in [0.1, 0.15) is 38.0 Å². The van der Waals surface area contributed by atoms with Crippen LogP contribution in [-0.4, -0.2) is 16.7 Å². The van der Waals surface area contributed by atoms with Crippen LogP contribution >= 0.6 is 0 Å². The van der Waals surface area contributed by atoms with Crippen LogP contribution in [0.2, 0.25) is 0 Å². The molecule has 0 bridgehead atoms. The normalized spacial score (nSPS) is 14.2. The third-order valence-electron chi connectivity index (χ3n) is 1.85. The van der Waals surface area contributed by atoms with Gasteiger partial charge in [0.2, 0.25) is 5.89 Å². The van der Waals surface area contributed by atoms with Crippen molar-refractivity contribution < 1.29 is 17.7 Å². The van der Waals surface area contributed by atoms with E-state index >= 15 is 0 Å². The van der Waals surface area contributed by atoms with Gasteiger partial charge in [-0.3, -0.25) is 0 Å². The molecule has 0 amide bonds. The minimum atomic E-state index is -4.55. The predicted octanol–water partition coefficient (Wildman–Crippen LogP) is 2.15. The van der Waals surface area contributed by atoms with Crippen LogP contribution in [0.4, 0.5) is 13.2 Å². The zero-order valence-corrected chi connectivity index (χ0v) is 8.43. The van der Waals surface area contributed by atoms with Gasteiger partial charge in [0.05, 0.1) is 6.04 Å². The fourth-order valence-corrected chi connectivity index (χ4v) is 1.14. The number of nitrogens with zero attached hydrogens (tertiary/aromatic N) is 2. The lowest BCUT2D eigenvalue weighted by atomic mass is 10.2. The highest BCUT2D eigenvalue weighted by molar-refractivity contribution is 4.95. The number of hydrogen-bond donors (Lipinski definition) is 1. The molecule has 0 aliphatic heterocycles. The molecular formula is C8H12F3N3O. The van der Waals surface area contributed by atoms with E-state index in [1.54, 1.807) is 0 Å². The predicted molar refractivity (Wildman–Crippen MR) is 46.0 cm³/mol. The molecule has 0 saturated carbocycles. The Hall–Kier alpha value is -1.11. The first-order valence-corrected chi connectivity index (χ1v) is 4.63. The van der Waals surface area contributed by atoms with E-state index in [9.17, 15) is 13.2 Å². The van der Waals surface area contributed by atoms with Crippen molar-refractivity contribution in [3.8, 4) is 0 Å². The van der Waals surface area contributed by atoms with Crippen LogP contribution in [0.3, 0.4) is 0 Å². The molecule has 1 rings (SSSR count). The number of halogens is 3. The highest BCUT2D eigenvalue weighted by atomic mass is 19.4. The first-order chi connectivity index (χ1) is 6.99. The summed E-state index contributed by atoms with van der Waals surface area (Å²) >= 11 is 0. The molecule has 0 saturated heterocycles. The molecule has 1 atom stereocenters. The summed E-state index contributed by atoms with van der Waals surface area (Å²) in [5.74, 6) is -1.25. The van der Waals surface area contributed by atoms with Crippen molar-refractivity contribution in [3.05, 3.63) is 11.7 Å². The monoisotopic (exact) mass is 223 g/mol. The summed E-state index contributed by atoms with van der Waals surface area (Å²) in [7, 11) is 0. The van der Waals surface area contributed by atoms with Crippen molar-refractivity contribution in [2.75, 3.05) is 6.54 Å². The summed E-state index contributed by atoms with van der Waals surface area (Å²) in [6.07, 6.45) is -3.96. The van der Waals surface area contributed by atoms with Gasteiger partial charge < -0.3 is 9.84 Å². The van der Waals surface area contributed by atoms with E-state index < -0.39 is 12.0 Å². The Morgan fingerprint density at radius 3 is 2.47 bits per heavy atom. The van der Waals surface area contributed by atoms with Gasteiger partial charge in [-0.05, 0) is 13.0 Å². The van der Waals surface area contributed by atoms with Gasteiger partial charge in [0.25, 0.3) is 5.82 Å². The second kappa shape index (κ2) is 4.61. The topological polar surface area (TPSA) is 51.0 Å². The summed E-state index contributed by atoms with van der Waals surface area (Å²) in [5.41, 5.74) is 0. The van der Waals surface area contributed by atoms with Gasteiger partial charge in [-0.1, -0.05) is 19.0 Å². The molecule has 7 heteroatoms. The molecule has 1 heterocycles. The largest absolute Gasteiger partial charge is 0.455 e. The molecule has 15 heavy (non-hydrogen) atoms. The quantitative estimate of drug-likeness (QED) is 0.849. The van der Waals surface area contributed by atoms with E-state index in [-0.39, 0.29) is 11.9 Å². The first-order valence-electron chi connectivity index (χ1n) is 4.63. The average molecular weight is 223 g/mol. The minimum absolute atomic E-state index is 0.0216. The minimum Gasteiger partial charge on any atom is -0.337 e. The van der Waals surface area contributed by atoms with Gasteiger partial charge in [0.1, 0.15) is 0 Å². The first kappa shape index (κ1) is 12.0. The fourth-order valence-electron chi connectivity index (χ4n) is 1.14. The van der Waals surface area contributed by atoms with Gasteiger partial charge in [-0.25, -0.2) is 0 Å². The molecular weight excluding hydrogens is 211 g/mol. The third-order valence-corrected chi connectivity index (χ3v) is 1.85. The van der Waals surface area contributed by atoms with Gasteiger partial charge in [0.15, 0.2) is 0 Å². The Balaban J connectivity index is 2.82. The van der Waals surface area contributed by atoms with Gasteiger partial charge in [0, 0.05) is 0 Å². The van der Waals surface area contributed by atoms with Crippen LogP contribution in [-0.2, 0) is 6.18 Å². The standard InChI is InChI=1S/C8H12F3N3O/c1-3-5(12-4-2)6-13-7(14-15-6)8(9,10)11/h5,12H,3-4H2,1-2H3. The zero-order valence-electron chi connectivity index (χ0n) is 8.43. The molecule has 4 nitrogen and oxygen atoms in total. The van der Waals surface area contributed by atoms with Crippen LogP contribution in [0, 0.1) is 0 Å². The van der Waals surface area contributed by atoms with Gasteiger partial charge in [-0.15, -0.1) is 0 Å². The van der Waals surface area contributed by atoms with Crippen molar-refractivity contribution >= 4 is 0 Å². The molecule has 86 valence electrons. The van der Waals surface area contributed by atoms with Crippen LogP contribution < -0.4 is 5.32 Å². The Kier molecular flexibility index (Phi) is 3.67. The highest BCUT2D eigenvalue weighted by Gasteiger charge is 2.37. The summed E-state index contributed by atoms with van der Waals surface area (Å²) in [5, 5.41) is 5.84. The molecule has 0 spiro atoms. The lowest BCUT2D eigenvalue weighted by Crippen LogP contribution is -2.20. The Labute approximate surface area is 84.9 Å². The molecule has 0 fully saturated rings. The maximum Gasteiger partial charge on any atom is 0.455 e. The third kappa shape index (κ3) is 2.92. The Bertz CT molecular complexity index is 310. The number of hydrogen-bond acceptors (Lipinski definition) is 4. The van der Waals surface area contributed by atoms with E-state index in [4.69, 9.17) is 0 Å². The summed E-state index contributed by atoms with van der Waals surface area (Å²) in [6, 6.07) is -0.321. The zero-order chi connectivity index (χ0) is 11.5. The van der Waals surface area contributed by atoms with Crippen molar-refractivity contribution in [2.24, 2.45) is 0 Å². The van der Waals surface area contributed by atoms with Crippen molar-refractivity contribution in [3.63, 3.8) is 0 Å². The number of alkyl halides is 3. The Morgan fingerprint density at radius 1 is 1.40 bits per heavy atom. The average Bonchev–Trinajstić information content (AvgIpc) is 2.62. The second-order valence-electron chi connectivity index (χ2n) is 2.97. The summed E-state index contributed by atoms with van der Waals surface area (Å²) in [4.78, 5) is 3.31. The number of aromatic nitrogens is 2. The molecule has 0 aliphatic rings. The van der Waals surface area contributed by atoms with Gasteiger partial charge >= 0.3 is 6.18 Å². The smallest absolute Gasteiger partial charge is 0.337 e. The molecule has 1 N–H and O–H groups in total. The van der Waals surface area contributed by atoms with Crippen molar-refractivity contribution in [1.82, 2.24) is 15.5 Å². The summed E-state index contributed by atoms with van der Waals surface area (Å²) in [6.45, 7) is 4.30. The lowest BCUT2D eigenvalue weighted by molar-refractivity contribution is -0.146. The maximum atomic E-state index is 12.1. The van der Waals surface area contributed by atoms with Crippen LogP contribution in [0.15, 0.2) is 4.52 Å². The highest BCUT2D eigenvalue weighted by Crippen LogP contribution is 2.27. The summed E-state index contributed by atoms with van der Waals surface area (Å²) < 4.78 is 41.0. The number of nitrogens with one attached hydrogen (secondary N) is 1. The molecule has 1 unspecified atom stereocenters. The van der Waals surface area contributed by atoms with E-state index in [0.29, 0.717) is 13.0 Å². The van der Waals surface area contributed by atoms with E-state index in [0.717, 1.165) is 0 Å². The van der Waals surface area contributed by atoms with E-state index in [2.05, 4.69) is 20.0 Å². The lowest BCUT2D eigenvalue weighted by Gasteiger charge is -2.09. The van der Waals surface area contributed by atoms with Crippen LogP contribution in [0.5, 0.6) is 0 Å². The van der Waals surface area contributed by atoms with Gasteiger partial charge in [-0.2, -0.15) is 18.2 Å². The Morgan fingerprint density at radius 2 is 2.07 bits per heavy atom. The maximum absolute atomic E-state index is 12.1. The molecule has 0 aromatic carbocycles. The second-order valence-corrected chi connectivity index (χ2v) is 2.97. The molecule has 0 radical (unpaired) electrons. The van der Waals surface area contributed by atoms with Crippen LogP contribution in [0.25, 0.3) is 0 Å². The van der Waals surface area contributed by atoms with Crippen molar-refractivity contribution in [2.45, 2.75) is 32.5 Å². The fraction of sp³-hybridized carbons (Fsp3) is 0.750. The number of rotatable bonds is 4. The van der Waals surface area contributed by atoms with Crippen molar-refractivity contribution in [1.29, 1.82) is 0 Å². The SMILES string of the molecule is CCNC(CC)c1nc(C(F)(F)F)no1. The molecule has 0 aliphatic carbocycles. The molecule has 1 aromatic rings. The van der Waals surface area contributed by atoms with E-state index in [1.165, 1.54) is 0 Å².